The first-order valence-electron chi connectivity index (χ1n) is 5.06. The van der Waals surface area contributed by atoms with Crippen molar-refractivity contribution in [1.29, 1.82) is 0 Å². The molecule has 0 saturated carbocycles. The van der Waals surface area contributed by atoms with E-state index in [2.05, 4.69) is 24.2 Å². The van der Waals surface area contributed by atoms with Crippen LogP contribution >= 0.6 is 0 Å². The molecule has 1 unspecified atom stereocenters. The molecule has 1 rings (SSSR count). The first kappa shape index (κ1) is 11.3. The van der Waals surface area contributed by atoms with E-state index in [-0.39, 0.29) is 0 Å². The average Bonchev–Trinajstić information content (AvgIpc) is 2.56. The van der Waals surface area contributed by atoms with Crippen LogP contribution in [0, 0.1) is 5.92 Å². The van der Waals surface area contributed by atoms with Crippen molar-refractivity contribution < 1.29 is 4.42 Å². The molecule has 0 amide bonds. The van der Waals surface area contributed by atoms with E-state index in [9.17, 15) is 0 Å². The van der Waals surface area contributed by atoms with Gasteiger partial charge in [-0.2, -0.15) is 0 Å². The minimum absolute atomic E-state index is 0.678. The summed E-state index contributed by atoms with van der Waals surface area (Å²) in [5.41, 5.74) is 1.24. The van der Waals surface area contributed by atoms with E-state index in [4.69, 9.17) is 4.42 Å². The summed E-state index contributed by atoms with van der Waals surface area (Å²) in [5, 5.41) is 3.19. The maximum absolute atomic E-state index is 5.03. The van der Waals surface area contributed by atoms with E-state index in [1.807, 2.05) is 13.1 Å². The molecular formula is C11H20N2O. The lowest BCUT2D eigenvalue weighted by Crippen LogP contribution is -2.29. The van der Waals surface area contributed by atoms with Crippen LogP contribution in [0.25, 0.3) is 0 Å². The predicted octanol–water partition coefficient (Wildman–Crippen LogP) is 1.57. The van der Waals surface area contributed by atoms with Gasteiger partial charge in [0.15, 0.2) is 0 Å². The van der Waals surface area contributed by atoms with Gasteiger partial charge in [0.2, 0.25) is 0 Å². The summed E-state index contributed by atoms with van der Waals surface area (Å²) >= 11 is 0. The summed E-state index contributed by atoms with van der Waals surface area (Å²) in [6, 6.07) is 2.01. The van der Waals surface area contributed by atoms with Crippen molar-refractivity contribution in [3.05, 3.63) is 24.2 Å². The molecule has 0 bridgehead atoms. The van der Waals surface area contributed by atoms with Gasteiger partial charge in [-0.15, -0.1) is 0 Å². The molecule has 0 spiro atoms. The van der Waals surface area contributed by atoms with E-state index in [1.165, 1.54) is 5.56 Å². The van der Waals surface area contributed by atoms with E-state index in [0.717, 1.165) is 19.6 Å². The van der Waals surface area contributed by atoms with Crippen molar-refractivity contribution in [2.24, 2.45) is 5.92 Å². The van der Waals surface area contributed by atoms with Crippen LogP contribution in [-0.2, 0) is 6.54 Å². The molecule has 0 aliphatic heterocycles. The number of nitrogens with zero attached hydrogens (tertiary/aromatic N) is 1. The summed E-state index contributed by atoms with van der Waals surface area (Å²) in [4.78, 5) is 2.31. The molecule has 3 nitrogen and oxygen atoms in total. The molecule has 0 fully saturated rings. The molecular weight excluding hydrogens is 176 g/mol. The maximum Gasteiger partial charge on any atom is 0.0947 e. The Hall–Kier alpha value is -0.800. The van der Waals surface area contributed by atoms with Crippen LogP contribution in [0.15, 0.2) is 23.0 Å². The predicted molar refractivity (Wildman–Crippen MR) is 58.1 cm³/mol. The summed E-state index contributed by atoms with van der Waals surface area (Å²) < 4.78 is 5.03. The number of hydrogen-bond donors (Lipinski definition) is 1. The van der Waals surface area contributed by atoms with Crippen LogP contribution in [0.4, 0.5) is 0 Å². The number of nitrogens with one attached hydrogen (secondary N) is 1. The van der Waals surface area contributed by atoms with Gasteiger partial charge < -0.3 is 14.6 Å². The van der Waals surface area contributed by atoms with Gasteiger partial charge in [0.25, 0.3) is 0 Å². The molecule has 14 heavy (non-hydrogen) atoms. The fraction of sp³-hybridized carbons (Fsp3) is 0.636. The Morgan fingerprint density at radius 3 is 2.93 bits per heavy atom. The van der Waals surface area contributed by atoms with Gasteiger partial charge in [0.1, 0.15) is 0 Å². The molecule has 0 aliphatic rings. The van der Waals surface area contributed by atoms with Crippen molar-refractivity contribution in [2.45, 2.75) is 13.5 Å². The van der Waals surface area contributed by atoms with Crippen LogP contribution in [0.3, 0.4) is 0 Å². The fourth-order valence-electron chi connectivity index (χ4n) is 1.70. The highest BCUT2D eigenvalue weighted by Gasteiger charge is 2.06. The minimum atomic E-state index is 0.678. The molecule has 3 heteroatoms. The van der Waals surface area contributed by atoms with Crippen LogP contribution < -0.4 is 5.32 Å². The lowest BCUT2D eigenvalue weighted by atomic mass is 10.1. The summed E-state index contributed by atoms with van der Waals surface area (Å²) in [5.74, 6) is 0.678. The van der Waals surface area contributed by atoms with Crippen LogP contribution in [-0.4, -0.2) is 32.1 Å². The Labute approximate surface area is 86.1 Å². The Bertz CT molecular complexity index is 233. The molecule has 1 atom stereocenters. The van der Waals surface area contributed by atoms with E-state index in [0.29, 0.717) is 5.92 Å². The second kappa shape index (κ2) is 5.83. The highest BCUT2D eigenvalue weighted by atomic mass is 16.3. The Kier molecular flexibility index (Phi) is 4.70. The quantitative estimate of drug-likeness (QED) is 0.748. The molecule has 1 N–H and O–H groups in total. The number of furan rings is 1. The zero-order valence-corrected chi connectivity index (χ0v) is 9.29. The normalized spacial score (nSPS) is 13.4. The first-order chi connectivity index (χ1) is 6.72. The first-order valence-corrected chi connectivity index (χ1v) is 5.06. The third kappa shape index (κ3) is 3.94. The summed E-state index contributed by atoms with van der Waals surface area (Å²) in [7, 11) is 4.13. The summed E-state index contributed by atoms with van der Waals surface area (Å²) in [6.45, 7) is 5.38. The molecule has 1 heterocycles. The minimum Gasteiger partial charge on any atom is -0.472 e. The van der Waals surface area contributed by atoms with E-state index < -0.39 is 0 Å². The monoisotopic (exact) mass is 196 g/mol. The molecule has 1 aromatic heterocycles. The van der Waals surface area contributed by atoms with Gasteiger partial charge in [-0.3, -0.25) is 0 Å². The highest BCUT2D eigenvalue weighted by Crippen LogP contribution is 2.05. The van der Waals surface area contributed by atoms with Gasteiger partial charge >= 0.3 is 0 Å². The van der Waals surface area contributed by atoms with Crippen molar-refractivity contribution >= 4 is 0 Å². The lowest BCUT2D eigenvalue weighted by molar-refractivity contribution is 0.275. The topological polar surface area (TPSA) is 28.4 Å². The van der Waals surface area contributed by atoms with Gasteiger partial charge in [-0.05, 0) is 32.6 Å². The Balaban J connectivity index is 2.25. The Morgan fingerprint density at radius 1 is 1.57 bits per heavy atom. The SMILES string of the molecule is CNCC(C)CN(C)Cc1ccoc1. The van der Waals surface area contributed by atoms with Gasteiger partial charge in [-0.1, -0.05) is 6.92 Å². The van der Waals surface area contributed by atoms with Gasteiger partial charge in [0, 0.05) is 18.7 Å². The van der Waals surface area contributed by atoms with Crippen molar-refractivity contribution in [3.8, 4) is 0 Å². The van der Waals surface area contributed by atoms with Crippen LogP contribution in [0.2, 0.25) is 0 Å². The smallest absolute Gasteiger partial charge is 0.0947 e. The van der Waals surface area contributed by atoms with Crippen molar-refractivity contribution in [3.63, 3.8) is 0 Å². The van der Waals surface area contributed by atoms with Crippen molar-refractivity contribution in [2.75, 3.05) is 27.2 Å². The van der Waals surface area contributed by atoms with E-state index in [1.54, 1.807) is 12.5 Å². The maximum atomic E-state index is 5.03. The van der Waals surface area contributed by atoms with Gasteiger partial charge in [0.05, 0.1) is 12.5 Å². The molecule has 1 aromatic rings. The van der Waals surface area contributed by atoms with Crippen molar-refractivity contribution in [1.82, 2.24) is 10.2 Å². The second-order valence-corrected chi connectivity index (χ2v) is 3.99. The molecule has 0 aromatic carbocycles. The lowest BCUT2D eigenvalue weighted by Gasteiger charge is -2.20. The number of hydrogen-bond acceptors (Lipinski definition) is 3. The average molecular weight is 196 g/mol. The second-order valence-electron chi connectivity index (χ2n) is 3.99. The molecule has 0 radical (unpaired) electrons. The summed E-state index contributed by atoms with van der Waals surface area (Å²) in [6.07, 6.45) is 3.53. The molecule has 0 aliphatic carbocycles. The third-order valence-electron chi connectivity index (χ3n) is 2.21. The number of rotatable bonds is 6. The van der Waals surface area contributed by atoms with Crippen LogP contribution in [0.5, 0.6) is 0 Å². The molecule has 0 saturated heterocycles. The Morgan fingerprint density at radius 2 is 2.36 bits per heavy atom. The third-order valence-corrected chi connectivity index (χ3v) is 2.21. The largest absolute Gasteiger partial charge is 0.472 e. The van der Waals surface area contributed by atoms with Gasteiger partial charge in [-0.25, -0.2) is 0 Å². The fourth-order valence-corrected chi connectivity index (χ4v) is 1.70. The van der Waals surface area contributed by atoms with E-state index >= 15 is 0 Å². The van der Waals surface area contributed by atoms with Crippen LogP contribution in [0.1, 0.15) is 12.5 Å². The standard InChI is InChI=1S/C11H20N2O/c1-10(6-12-2)7-13(3)8-11-4-5-14-9-11/h4-5,9-10,12H,6-8H2,1-3H3. The molecule has 80 valence electrons. The highest BCUT2D eigenvalue weighted by molar-refractivity contribution is 5.04. The zero-order chi connectivity index (χ0) is 10.4. The zero-order valence-electron chi connectivity index (χ0n) is 9.29.